The number of allylic oxidation sites excluding steroid dienone is 8. The molecule has 0 bridgehead atoms. The van der Waals surface area contributed by atoms with Crippen molar-refractivity contribution in [3.63, 3.8) is 0 Å². The van der Waals surface area contributed by atoms with Gasteiger partial charge >= 0.3 is 11.9 Å². The summed E-state index contributed by atoms with van der Waals surface area (Å²) in [7, 11) is 0. The van der Waals surface area contributed by atoms with E-state index in [0.717, 1.165) is 70.6 Å². The molecule has 1 amide bonds. The van der Waals surface area contributed by atoms with E-state index in [1.807, 2.05) is 0 Å². The maximum atomic E-state index is 12.4. The van der Waals surface area contributed by atoms with Crippen molar-refractivity contribution >= 4 is 17.8 Å². The summed E-state index contributed by atoms with van der Waals surface area (Å²) < 4.78 is 5.84. The fraction of sp³-hybridized carbons (Fsp3) is 0.667. The number of amides is 1. The molecule has 0 saturated heterocycles. The molecule has 0 radical (unpaired) electrons. The summed E-state index contributed by atoms with van der Waals surface area (Å²) in [4.78, 5) is 34.5. The summed E-state index contributed by atoms with van der Waals surface area (Å²) in [5.74, 6) is -1.37. The molecule has 0 heterocycles. The lowest BCUT2D eigenvalue weighted by Gasteiger charge is -2.18. The van der Waals surface area contributed by atoms with Crippen LogP contribution < -0.4 is 5.32 Å². The molecule has 0 aliphatic heterocycles. The lowest BCUT2D eigenvalue weighted by molar-refractivity contribution is -0.149. The van der Waals surface area contributed by atoms with Gasteiger partial charge in [0.15, 0.2) is 0 Å². The highest BCUT2D eigenvalue weighted by Gasteiger charge is 2.14. The third-order valence-corrected chi connectivity index (χ3v) is 6.28. The Labute approximate surface area is 238 Å². The molecule has 222 valence electrons. The van der Waals surface area contributed by atoms with E-state index in [2.05, 4.69) is 67.8 Å². The fourth-order valence-corrected chi connectivity index (χ4v) is 4.06. The van der Waals surface area contributed by atoms with Crippen LogP contribution >= 0.6 is 0 Å². The van der Waals surface area contributed by atoms with Gasteiger partial charge in [0.25, 0.3) is 0 Å². The Balaban J connectivity index is 4.19. The minimum absolute atomic E-state index is 0.0320. The number of carboxylic acid groups (broad SMARTS) is 1. The van der Waals surface area contributed by atoms with E-state index in [9.17, 15) is 14.4 Å². The molecule has 0 aliphatic rings. The molecule has 1 atom stereocenters. The van der Waals surface area contributed by atoms with Crippen LogP contribution in [0.4, 0.5) is 0 Å². The van der Waals surface area contributed by atoms with Crippen LogP contribution in [-0.2, 0) is 19.1 Å². The smallest absolute Gasteiger partial charge is 0.322 e. The topological polar surface area (TPSA) is 92.7 Å². The zero-order valence-corrected chi connectivity index (χ0v) is 24.7. The normalized spacial score (nSPS) is 12.7. The van der Waals surface area contributed by atoms with Gasteiger partial charge in [-0.2, -0.15) is 0 Å². The Bertz CT molecular complexity index is 738. The van der Waals surface area contributed by atoms with E-state index in [4.69, 9.17) is 9.84 Å². The van der Waals surface area contributed by atoms with Crippen LogP contribution in [0.1, 0.15) is 129 Å². The zero-order chi connectivity index (χ0) is 28.8. The number of esters is 1. The largest absolute Gasteiger partial charge is 0.480 e. The highest BCUT2D eigenvalue weighted by molar-refractivity contribution is 5.80. The molecule has 0 spiro atoms. The lowest BCUT2D eigenvalue weighted by atomic mass is 10.0. The predicted molar refractivity (Wildman–Crippen MR) is 162 cm³/mol. The van der Waals surface area contributed by atoms with E-state index in [1.165, 1.54) is 25.7 Å². The summed E-state index contributed by atoms with van der Waals surface area (Å²) in [6, 6.07) is 0. The molecule has 6 heteroatoms. The summed E-state index contributed by atoms with van der Waals surface area (Å²) in [5.41, 5.74) is 0. The van der Waals surface area contributed by atoms with Gasteiger partial charge in [-0.25, -0.2) is 0 Å². The van der Waals surface area contributed by atoms with Gasteiger partial charge in [-0.15, -0.1) is 0 Å². The fourth-order valence-electron chi connectivity index (χ4n) is 4.06. The number of nitrogens with one attached hydrogen (secondary N) is 1. The van der Waals surface area contributed by atoms with E-state index >= 15 is 0 Å². The summed E-state index contributed by atoms with van der Waals surface area (Å²) in [6.45, 7) is 4.02. The van der Waals surface area contributed by atoms with Crippen LogP contribution in [0.2, 0.25) is 0 Å². The maximum absolute atomic E-state index is 12.4. The first-order chi connectivity index (χ1) is 19.0. The van der Waals surface area contributed by atoms with Crippen molar-refractivity contribution in [2.75, 3.05) is 6.54 Å². The SMILES string of the molecule is CC/C=C\C/C=C\C/C=C\C/C=C\CCC(=O)OC(CCCCCCC)CCCCCCC(=O)NCC(=O)O. The van der Waals surface area contributed by atoms with Crippen molar-refractivity contribution in [3.8, 4) is 0 Å². The van der Waals surface area contributed by atoms with Crippen LogP contribution in [0.15, 0.2) is 48.6 Å². The van der Waals surface area contributed by atoms with Gasteiger partial charge in [0.05, 0.1) is 0 Å². The summed E-state index contributed by atoms with van der Waals surface area (Å²) >= 11 is 0. The average Bonchev–Trinajstić information content (AvgIpc) is 2.91. The van der Waals surface area contributed by atoms with Crippen LogP contribution in [0, 0.1) is 0 Å². The van der Waals surface area contributed by atoms with Crippen LogP contribution in [0.3, 0.4) is 0 Å². The van der Waals surface area contributed by atoms with Crippen molar-refractivity contribution in [1.82, 2.24) is 5.32 Å². The number of ether oxygens (including phenoxy) is 1. The van der Waals surface area contributed by atoms with Gasteiger partial charge in [0.1, 0.15) is 12.6 Å². The molecular formula is C33H55NO5. The second-order valence-corrected chi connectivity index (χ2v) is 9.98. The monoisotopic (exact) mass is 545 g/mol. The molecule has 0 rings (SSSR count). The zero-order valence-electron chi connectivity index (χ0n) is 24.7. The Hall–Kier alpha value is -2.63. The summed E-state index contributed by atoms with van der Waals surface area (Å²) in [6.07, 6.45) is 33.8. The molecule has 39 heavy (non-hydrogen) atoms. The molecule has 0 fully saturated rings. The van der Waals surface area contributed by atoms with Crippen molar-refractivity contribution in [1.29, 1.82) is 0 Å². The Morgan fingerprint density at radius 3 is 1.79 bits per heavy atom. The van der Waals surface area contributed by atoms with Crippen LogP contribution in [0.5, 0.6) is 0 Å². The standard InChI is InChI=1S/C33H55NO5/c1-3-5-7-9-10-11-12-13-14-15-16-18-24-28-33(38)39-30(25-21-17-8-6-4-2)26-22-19-20-23-27-31(35)34-29-32(36)37/h5,7,10-11,13-14,16,18,30H,3-4,6,8-9,12,15,17,19-29H2,1-2H3,(H,34,35)(H,36,37)/b7-5-,11-10-,14-13-,18-16-. The molecule has 0 aromatic carbocycles. The number of carbonyl (C=O) groups excluding carboxylic acids is 2. The average molecular weight is 546 g/mol. The van der Waals surface area contributed by atoms with E-state index in [1.54, 1.807) is 0 Å². The quantitative estimate of drug-likeness (QED) is 0.0647. The molecule has 1 unspecified atom stereocenters. The minimum atomic E-state index is -1.03. The number of unbranched alkanes of at least 4 members (excludes halogenated alkanes) is 7. The van der Waals surface area contributed by atoms with Gasteiger partial charge in [-0.05, 0) is 64.2 Å². The summed E-state index contributed by atoms with van der Waals surface area (Å²) in [5, 5.41) is 11.0. The number of hydrogen-bond donors (Lipinski definition) is 2. The lowest BCUT2D eigenvalue weighted by Crippen LogP contribution is -2.28. The van der Waals surface area contributed by atoms with Crippen LogP contribution in [0.25, 0.3) is 0 Å². The number of carbonyl (C=O) groups is 3. The van der Waals surface area contributed by atoms with Gasteiger partial charge in [-0.1, -0.05) is 101 Å². The first kappa shape index (κ1) is 36.4. The Morgan fingerprint density at radius 2 is 1.23 bits per heavy atom. The highest BCUT2D eigenvalue weighted by atomic mass is 16.5. The van der Waals surface area contributed by atoms with E-state index < -0.39 is 5.97 Å². The Kier molecular flexibility index (Phi) is 26.5. The second kappa shape index (κ2) is 28.4. The second-order valence-electron chi connectivity index (χ2n) is 9.98. The molecule has 0 aliphatic carbocycles. The van der Waals surface area contributed by atoms with Gasteiger partial charge < -0.3 is 15.2 Å². The first-order valence-corrected chi connectivity index (χ1v) is 15.3. The molecule has 0 aromatic rings. The third-order valence-electron chi connectivity index (χ3n) is 6.28. The van der Waals surface area contributed by atoms with E-state index in [-0.39, 0.29) is 24.5 Å². The highest BCUT2D eigenvalue weighted by Crippen LogP contribution is 2.17. The van der Waals surface area contributed by atoms with Crippen LogP contribution in [-0.4, -0.2) is 35.6 Å². The Morgan fingerprint density at radius 1 is 0.692 bits per heavy atom. The van der Waals surface area contributed by atoms with Crippen molar-refractivity contribution < 1.29 is 24.2 Å². The molecule has 0 aromatic heterocycles. The first-order valence-electron chi connectivity index (χ1n) is 15.3. The maximum Gasteiger partial charge on any atom is 0.322 e. The molecule has 6 nitrogen and oxygen atoms in total. The van der Waals surface area contributed by atoms with Gasteiger partial charge in [-0.3, -0.25) is 14.4 Å². The number of rotatable bonds is 26. The molecule has 2 N–H and O–H groups in total. The van der Waals surface area contributed by atoms with Crippen molar-refractivity contribution in [3.05, 3.63) is 48.6 Å². The van der Waals surface area contributed by atoms with Crippen molar-refractivity contribution in [2.24, 2.45) is 0 Å². The predicted octanol–water partition coefficient (Wildman–Crippen LogP) is 8.39. The molecular weight excluding hydrogens is 490 g/mol. The van der Waals surface area contributed by atoms with E-state index in [0.29, 0.717) is 19.3 Å². The third kappa shape index (κ3) is 28.2. The van der Waals surface area contributed by atoms with Gasteiger partial charge in [0, 0.05) is 12.8 Å². The van der Waals surface area contributed by atoms with Crippen molar-refractivity contribution in [2.45, 2.75) is 136 Å². The molecule has 0 saturated carbocycles. The number of hydrogen-bond acceptors (Lipinski definition) is 4. The van der Waals surface area contributed by atoms with Gasteiger partial charge in [0.2, 0.25) is 5.91 Å². The number of carboxylic acids is 1. The minimum Gasteiger partial charge on any atom is -0.480 e. The number of aliphatic carboxylic acids is 1.